The van der Waals surface area contributed by atoms with Crippen LogP contribution in [0.4, 0.5) is 0 Å². The van der Waals surface area contributed by atoms with E-state index in [0.717, 1.165) is 4.47 Å². The number of carbonyl (C=O) groups excluding carboxylic acids is 4. The third-order valence-corrected chi connectivity index (χ3v) is 6.34. The molecule has 1 aliphatic rings. The lowest BCUT2D eigenvalue weighted by Gasteiger charge is -2.15. The maximum absolute atomic E-state index is 13.0. The Labute approximate surface area is 207 Å². The summed E-state index contributed by atoms with van der Waals surface area (Å²) in [4.78, 5) is 54.2. The molecule has 0 aromatic heterocycles. The zero-order valence-corrected chi connectivity index (χ0v) is 20.8. The number of halogens is 3. The molecule has 0 saturated carbocycles. The number of benzene rings is 3. The van der Waals surface area contributed by atoms with Gasteiger partial charge in [-0.15, -0.1) is 5.06 Å². The van der Waals surface area contributed by atoms with E-state index in [1.54, 1.807) is 36.4 Å². The zero-order chi connectivity index (χ0) is 23.0. The van der Waals surface area contributed by atoms with E-state index < -0.39 is 23.8 Å². The highest BCUT2D eigenvalue weighted by atomic mass is 79.9. The molecule has 162 valence electrons. The lowest BCUT2D eigenvalue weighted by molar-refractivity contribution is -0.172. The van der Waals surface area contributed by atoms with Gasteiger partial charge in [0.25, 0.3) is 11.8 Å². The Morgan fingerprint density at radius 2 is 1.28 bits per heavy atom. The van der Waals surface area contributed by atoms with Crippen LogP contribution in [-0.4, -0.2) is 28.8 Å². The van der Waals surface area contributed by atoms with E-state index in [2.05, 4.69) is 47.8 Å². The Morgan fingerprint density at radius 3 is 1.81 bits per heavy atom. The molecule has 0 atom stereocenters. The highest BCUT2D eigenvalue weighted by Gasteiger charge is 2.33. The quantitative estimate of drug-likeness (QED) is 0.214. The van der Waals surface area contributed by atoms with Gasteiger partial charge in [0.2, 0.25) is 0 Å². The van der Waals surface area contributed by atoms with E-state index in [4.69, 9.17) is 9.57 Å². The number of ether oxygens (including phenoxy) is 1. The van der Waals surface area contributed by atoms with Gasteiger partial charge in [-0.25, -0.2) is 9.59 Å². The highest BCUT2D eigenvalue weighted by molar-refractivity contribution is 9.11. The first kappa shape index (κ1) is 22.6. The summed E-state index contributed by atoms with van der Waals surface area (Å²) in [6, 6.07) is 13.0. The third-order valence-electron chi connectivity index (χ3n) is 4.70. The summed E-state index contributed by atoms with van der Waals surface area (Å²) >= 11 is 10.1. The number of imide groups is 1. The molecule has 4 rings (SSSR count). The Balaban J connectivity index is 1.68. The van der Waals surface area contributed by atoms with Crippen molar-refractivity contribution in [3.8, 4) is 5.75 Å². The molecule has 0 aliphatic carbocycles. The molecule has 1 saturated heterocycles. The number of esters is 1. The van der Waals surface area contributed by atoms with E-state index in [-0.39, 0.29) is 24.0 Å². The van der Waals surface area contributed by atoms with Crippen molar-refractivity contribution >= 4 is 82.3 Å². The number of nitrogens with zero attached hydrogens (tertiary/aromatic N) is 1. The van der Waals surface area contributed by atoms with Gasteiger partial charge in [0.15, 0.2) is 5.75 Å². The standard InChI is InChI=1S/C22H12Br3NO6/c23-11-9-16(24)20(17(25)10-11)31-21(29)14-5-6-15(13-4-2-1-3-12(13)14)22(30)32-26-18(27)7-8-19(26)28/h1-6,9-10H,7-8H2. The van der Waals surface area contributed by atoms with E-state index in [1.165, 1.54) is 12.1 Å². The highest BCUT2D eigenvalue weighted by Crippen LogP contribution is 2.37. The van der Waals surface area contributed by atoms with Crippen LogP contribution >= 0.6 is 47.8 Å². The third kappa shape index (κ3) is 4.35. The predicted molar refractivity (Wildman–Crippen MR) is 125 cm³/mol. The molecule has 0 unspecified atom stereocenters. The fraction of sp³-hybridized carbons (Fsp3) is 0.0909. The molecule has 32 heavy (non-hydrogen) atoms. The summed E-state index contributed by atoms with van der Waals surface area (Å²) in [5.74, 6) is -2.34. The lowest BCUT2D eigenvalue weighted by atomic mass is 9.99. The molecule has 3 aromatic rings. The van der Waals surface area contributed by atoms with Gasteiger partial charge >= 0.3 is 11.9 Å². The fourth-order valence-electron chi connectivity index (χ4n) is 3.22. The van der Waals surface area contributed by atoms with Gasteiger partial charge in [-0.3, -0.25) is 9.59 Å². The molecular formula is C22H12Br3NO6. The van der Waals surface area contributed by atoms with Crippen molar-refractivity contribution in [3.05, 3.63) is 73.1 Å². The second-order valence-electron chi connectivity index (χ2n) is 6.75. The van der Waals surface area contributed by atoms with Crippen molar-refractivity contribution in [2.75, 3.05) is 0 Å². The molecule has 1 aliphatic heterocycles. The Morgan fingerprint density at radius 1 is 0.781 bits per heavy atom. The van der Waals surface area contributed by atoms with Crippen LogP contribution in [-0.2, 0) is 14.4 Å². The molecular weight excluding hydrogens is 614 g/mol. The van der Waals surface area contributed by atoms with Crippen LogP contribution in [0.15, 0.2) is 61.9 Å². The average Bonchev–Trinajstić information content (AvgIpc) is 3.07. The predicted octanol–water partition coefficient (Wildman–Crippen LogP) is 5.57. The molecule has 2 amide bonds. The fourth-order valence-corrected chi connectivity index (χ4v) is 5.64. The molecule has 10 heteroatoms. The van der Waals surface area contributed by atoms with Crippen LogP contribution < -0.4 is 4.74 Å². The van der Waals surface area contributed by atoms with Gasteiger partial charge in [-0.2, -0.15) is 0 Å². The van der Waals surface area contributed by atoms with Crippen LogP contribution in [0.1, 0.15) is 33.6 Å². The lowest BCUT2D eigenvalue weighted by Crippen LogP contribution is -2.32. The second kappa shape index (κ2) is 9.13. The monoisotopic (exact) mass is 623 g/mol. The zero-order valence-electron chi connectivity index (χ0n) is 16.1. The minimum absolute atomic E-state index is 0.00117. The van der Waals surface area contributed by atoms with Crippen molar-refractivity contribution in [1.82, 2.24) is 5.06 Å². The number of amides is 2. The van der Waals surface area contributed by atoms with Crippen LogP contribution in [0, 0.1) is 0 Å². The van der Waals surface area contributed by atoms with Crippen LogP contribution in [0.2, 0.25) is 0 Å². The summed E-state index contributed by atoms with van der Waals surface area (Å²) < 4.78 is 7.52. The van der Waals surface area contributed by atoms with Crippen molar-refractivity contribution < 1.29 is 28.8 Å². The Kier molecular flexibility index (Phi) is 6.45. The second-order valence-corrected chi connectivity index (χ2v) is 9.38. The van der Waals surface area contributed by atoms with Crippen LogP contribution in [0.3, 0.4) is 0 Å². The van der Waals surface area contributed by atoms with Crippen LogP contribution in [0.25, 0.3) is 10.8 Å². The van der Waals surface area contributed by atoms with Crippen molar-refractivity contribution in [2.45, 2.75) is 12.8 Å². The van der Waals surface area contributed by atoms with Gasteiger partial charge in [0.1, 0.15) is 0 Å². The minimum Gasteiger partial charge on any atom is -0.420 e. The largest absolute Gasteiger partial charge is 0.420 e. The molecule has 0 N–H and O–H groups in total. The first-order valence-electron chi connectivity index (χ1n) is 9.23. The molecule has 3 aromatic carbocycles. The molecule has 1 heterocycles. The Hall–Kier alpha value is -2.56. The van der Waals surface area contributed by atoms with Crippen molar-refractivity contribution in [3.63, 3.8) is 0 Å². The average molecular weight is 626 g/mol. The number of hydroxylamine groups is 2. The maximum Gasteiger partial charge on any atom is 0.364 e. The number of rotatable bonds is 4. The summed E-state index contributed by atoms with van der Waals surface area (Å²) in [5, 5.41) is 1.36. The summed E-state index contributed by atoms with van der Waals surface area (Å²) in [7, 11) is 0. The smallest absolute Gasteiger partial charge is 0.364 e. The minimum atomic E-state index is -0.872. The molecule has 7 nitrogen and oxygen atoms in total. The first-order valence-corrected chi connectivity index (χ1v) is 11.6. The van der Waals surface area contributed by atoms with Crippen LogP contribution in [0.5, 0.6) is 5.75 Å². The Bertz CT molecular complexity index is 1270. The van der Waals surface area contributed by atoms with Gasteiger partial charge in [-0.1, -0.05) is 40.2 Å². The molecule has 1 fully saturated rings. The van der Waals surface area contributed by atoms with E-state index in [9.17, 15) is 19.2 Å². The van der Waals surface area contributed by atoms with E-state index in [0.29, 0.717) is 30.5 Å². The SMILES string of the molecule is O=C(Oc1c(Br)cc(Br)cc1Br)c1ccc(C(=O)ON2C(=O)CCC2=O)c2ccccc12. The summed E-state index contributed by atoms with van der Waals surface area (Å²) in [5.41, 5.74) is 0.336. The molecule has 0 radical (unpaired) electrons. The van der Waals surface area contributed by atoms with Gasteiger partial charge in [-0.05, 0) is 66.9 Å². The normalized spacial score (nSPS) is 13.5. The molecule has 0 spiro atoms. The van der Waals surface area contributed by atoms with Crippen molar-refractivity contribution in [2.24, 2.45) is 0 Å². The maximum atomic E-state index is 13.0. The van der Waals surface area contributed by atoms with E-state index in [1.807, 2.05) is 0 Å². The van der Waals surface area contributed by atoms with Gasteiger partial charge in [0, 0.05) is 17.3 Å². The van der Waals surface area contributed by atoms with E-state index >= 15 is 0 Å². The number of hydrogen-bond acceptors (Lipinski definition) is 6. The number of carbonyl (C=O) groups is 4. The molecule has 0 bridgehead atoms. The van der Waals surface area contributed by atoms with Crippen molar-refractivity contribution in [1.29, 1.82) is 0 Å². The number of fused-ring (bicyclic) bond motifs is 1. The van der Waals surface area contributed by atoms with Gasteiger partial charge in [0.05, 0.1) is 20.1 Å². The first-order chi connectivity index (χ1) is 15.3. The number of hydrogen-bond donors (Lipinski definition) is 0. The topological polar surface area (TPSA) is 90.0 Å². The summed E-state index contributed by atoms with van der Waals surface area (Å²) in [6.07, 6.45) is -0.00235. The summed E-state index contributed by atoms with van der Waals surface area (Å²) in [6.45, 7) is 0. The van der Waals surface area contributed by atoms with Gasteiger partial charge < -0.3 is 9.57 Å².